The lowest BCUT2D eigenvalue weighted by molar-refractivity contribution is -0.133. The third kappa shape index (κ3) is 4.19. The second kappa shape index (κ2) is 7.54. The first-order valence-corrected chi connectivity index (χ1v) is 8.76. The van der Waals surface area contributed by atoms with Crippen molar-refractivity contribution in [3.63, 3.8) is 0 Å². The molecule has 0 N–H and O–H groups in total. The van der Waals surface area contributed by atoms with Crippen molar-refractivity contribution < 1.29 is 9.18 Å². The molecule has 0 radical (unpaired) electrons. The SMILES string of the molecule is Cc1nn(CC(=O)N2CCN(Cc3cccc(F)c3)CC2)c(C)c1Cl. The van der Waals surface area contributed by atoms with Gasteiger partial charge in [-0.3, -0.25) is 14.4 Å². The minimum atomic E-state index is -0.213. The van der Waals surface area contributed by atoms with Crippen LogP contribution in [0.1, 0.15) is 17.0 Å². The van der Waals surface area contributed by atoms with E-state index in [0.717, 1.165) is 30.0 Å². The highest BCUT2D eigenvalue weighted by Gasteiger charge is 2.22. The van der Waals surface area contributed by atoms with Crippen LogP contribution < -0.4 is 0 Å². The zero-order valence-electron chi connectivity index (χ0n) is 14.5. The number of benzene rings is 1. The number of carbonyl (C=O) groups is 1. The van der Waals surface area contributed by atoms with E-state index in [1.807, 2.05) is 24.8 Å². The van der Waals surface area contributed by atoms with E-state index in [1.165, 1.54) is 6.07 Å². The summed E-state index contributed by atoms with van der Waals surface area (Å²) < 4.78 is 14.9. The molecule has 25 heavy (non-hydrogen) atoms. The van der Waals surface area contributed by atoms with Crippen LogP contribution in [0.15, 0.2) is 24.3 Å². The largest absolute Gasteiger partial charge is 0.339 e. The summed E-state index contributed by atoms with van der Waals surface area (Å²) in [6, 6.07) is 6.66. The van der Waals surface area contributed by atoms with E-state index >= 15 is 0 Å². The third-order valence-electron chi connectivity index (χ3n) is 4.60. The molecule has 1 aromatic carbocycles. The van der Waals surface area contributed by atoms with E-state index in [1.54, 1.807) is 16.8 Å². The first-order chi connectivity index (χ1) is 11.9. The van der Waals surface area contributed by atoms with Gasteiger partial charge in [-0.15, -0.1) is 0 Å². The maximum Gasteiger partial charge on any atom is 0.244 e. The fourth-order valence-corrected chi connectivity index (χ4v) is 3.24. The van der Waals surface area contributed by atoms with Gasteiger partial charge >= 0.3 is 0 Å². The molecule has 0 saturated carbocycles. The second-order valence-corrected chi connectivity index (χ2v) is 6.81. The van der Waals surface area contributed by atoms with Crippen LogP contribution in [0.5, 0.6) is 0 Å². The van der Waals surface area contributed by atoms with Crippen molar-refractivity contribution in [2.75, 3.05) is 26.2 Å². The number of hydrogen-bond acceptors (Lipinski definition) is 3. The molecular formula is C18H22ClFN4O. The predicted molar refractivity (Wildman–Crippen MR) is 95.0 cm³/mol. The average molecular weight is 365 g/mol. The van der Waals surface area contributed by atoms with Gasteiger partial charge in [0.15, 0.2) is 0 Å². The minimum Gasteiger partial charge on any atom is -0.339 e. The molecule has 1 fully saturated rings. The average Bonchev–Trinajstić information content (AvgIpc) is 2.82. The van der Waals surface area contributed by atoms with E-state index in [-0.39, 0.29) is 18.3 Å². The Morgan fingerprint density at radius 3 is 2.56 bits per heavy atom. The fourth-order valence-electron chi connectivity index (χ4n) is 3.11. The van der Waals surface area contributed by atoms with Gasteiger partial charge in [-0.1, -0.05) is 23.7 Å². The number of piperazine rings is 1. The van der Waals surface area contributed by atoms with Gasteiger partial charge in [0.25, 0.3) is 0 Å². The van der Waals surface area contributed by atoms with Gasteiger partial charge in [-0.2, -0.15) is 5.10 Å². The number of rotatable bonds is 4. The highest BCUT2D eigenvalue weighted by atomic mass is 35.5. The van der Waals surface area contributed by atoms with Crippen LogP contribution in [0.2, 0.25) is 5.02 Å². The van der Waals surface area contributed by atoms with E-state index in [4.69, 9.17) is 11.6 Å². The standard InChI is InChI=1S/C18H22ClFN4O/c1-13-18(19)14(2)24(21-13)12-17(25)23-8-6-22(7-9-23)11-15-4-3-5-16(20)10-15/h3-5,10H,6-9,11-12H2,1-2H3. The molecule has 134 valence electrons. The number of nitrogens with zero attached hydrogens (tertiary/aromatic N) is 4. The lowest BCUT2D eigenvalue weighted by atomic mass is 10.2. The molecule has 1 aromatic heterocycles. The highest BCUT2D eigenvalue weighted by Crippen LogP contribution is 2.19. The Labute approximate surface area is 152 Å². The number of carbonyl (C=O) groups excluding carboxylic acids is 1. The van der Waals surface area contributed by atoms with E-state index in [2.05, 4.69) is 10.00 Å². The first kappa shape index (κ1) is 17.9. The molecular weight excluding hydrogens is 343 g/mol. The van der Waals surface area contributed by atoms with Crippen molar-refractivity contribution in [2.24, 2.45) is 0 Å². The monoisotopic (exact) mass is 364 g/mol. The van der Waals surface area contributed by atoms with Crippen LogP contribution in [0.25, 0.3) is 0 Å². The molecule has 2 heterocycles. The summed E-state index contributed by atoms with van der Waals surface area (Å²) in [7, 11) is 0. The predicted octanol–water partition coefficient (Wildman–Crippen LogP) is 2.64. The van der Waals surface area contributed by atoms with Crippen LogP contribution in [0, 0.1) is 19.7 Å². The van der Waals surface area contributed by atoms with Crippen molar-refractivity contribution in [1.29, 1.82) is 0 Å². The Kier molecular flexibility index (Phi) is 5.39. The van der Waals surface area contributed by atoms with Crippen molar-refractivity contribution in [1.82, 2.24) is 19.6 Å². The molecule has 1 saturated heterocycles. The molecule has 0 bridgehead atoms. The lowest BCUT2D eigenvalue weighted by Crippen LogP contribution is -2.49. The quantitative estimate of drug-likeness (QED) is 0.837. The lowest BCUT2D eigenvalue weighted by Gasteiger charge is -2.34. The molecule has 1 aliphatic heterocycles. The Balaban J connectivity index is 1.53. The summed E-state index contributed by atoms with van der Waals surface area (Å²) in [5, 5.41) is 4.93. The topological polar surface area (TPSA) is 41.4 Å². The smallest absolute Gasteiger partial charge is 0.244 e. The summed E-state index contributed by atoms with van der Waals surface area (Å²) in [5.74, 6) is -0.164. The zero-order valence-corrected chi connectivity index (χ0v) is 15.3. The molecule has 0 aliphatic carbocycles. The number of aryl methyl sites for hydroxylation is 1. The van der Waals surface area contributed by atoms with Crippen molar-refractivity contribution in [2.45, 2.75) is 26.9 Å². The van der Waals surface area contributed by atoms with Gasteiger partial charge in [0.2, 0.25) is 5.91 Å². The van der Waals surface area contributed by atoms with E-state index in [9.17, 15) is 9.18 Å². The van der Waals surface area contributed by atoms with Crippen LogP contribution >= 0.6 is 11.6 Å². The Morgan fingerprint density at radius 2 is 1.96 bits per heavy atom. The molecule has 0 spiro atoms. The van der Waals surface area contributed by atoms with E-state index < -0.39 is 0 Å². The molecule has 7 heteroatoms. The molecule has 3 rings (SSSR count). The zero-order chi connectivity index (χ0) is 18.0. The summed E-state index contributed by atoms with van der Waals surface area (Å²) >= 11 is 6.13. The van der Waals surface area contributed by atoms with Crippen molar-refractivity contribution in [3.05, 3.63) is 52.1 Å². The Hall–Kier alpha value is -1.92. The molecule has 0 atom stereocenters. The summed E-state index contributed by atoms with van der Waals surface area (Å²) in [6.07, 6.45) is 0. The summed E-state index contributed by atoms with van der Waals surface area (Å²) in [6.45, 7) is 7.51. The van der Waals surface area contributed by atoms with Crippen molar-refractivity contribution >= 4 is 17.5 Å². The van der Waals surface area contributed by atoms with E-state index in [0.29, 0.717) is 24.7 Å². The van der Waals surface area contributed by atoms with Crippen LogP contribution in [-0.2, 0) is 17.9 Å². The van der Waals surface area contributed by atoms with Crippen LogP contribution in [0.3, 0.4) is 0 Å². The van der Waals surface area contributed by atoms with Gasteiger partial charge < -0.3 is 4.90 Å². The maximum absolute atomic E-state index is 13.3. The maximum atomic E-state index is 13.3. The van der Waals surface area contributed by atoms with Gasteiger partial charge in [-0.25, -0.2) is 4.39 Å². The van der Waals surface area contributed by atoms with Crippen molar-refractivity contribution in [3.8, 4) is 0 Å². The second-order valence-electron chi connectivity index (χ2n) is 6.43. The fraction of sp³-hybridized carbons (Fsp3) is 0.444. The van der Waals surface area contributed by atoms with Gasteiger partial charge in [0, 0.05) is 32.7 Å². The molecule has 1 aliphatic rings. The number of halogens is 2. The van der Waals surface area contributed by atoms with Crippen LogP contribution in [-0.4, -0.2) is 51.7 Å². The summed E-state index contributed by atoms with van der Waals surface area (Å²) in [4.78, 5) is 16.6. The minimum absolute atomic E-state index is 0.0488. The molecule has 2 aromatic rings. The van der Waals surface area contributed by atoms with Crippen LogP contribution in [0.4, 0.5) is 4.39 Å². The number of hydrogen-bond donors (Lipinski definition) is 0. The molecule has 5 nitrogen and oxygen atoms in total. The van der Waals surface area contributed by atoms with Gasteiger partial charge in [-0.05, 0) is 31.5 Å². The normalized spacial score (nSPS) is 15.6. The number of aromatic nitrogens is 2. The highest BCUT2D eigenvalue weighted by molar-refractivity contribution is 6.31. The van der Waals surface area contributed by atoms with Gasteiger partial charge in [0.1, 0.15) is 12.4 Å². The molecule has 1 amide bonds. The Morgan fingerprint density at radius 1 is 1.24 bits per heavy atom. The van der Waals surface area contributed by atoms with Gasteiger partial charge in [0.05, 0.1) is 16.4 Å². The third-order valence-corrected chi connectivity index (χ3v) is 5.15. The molecule has 0 unspecified atom stereocenters. The Bertz CT molecular complexity index is 768. The first-order valence-electron chi connectivity index (χ1n) is 8.38. The number of amides is 1. The summed E-state index contributed by atoms with van der Waals surface area (Å²) in [5.41, 5.74) is 2.51.